The number of non-ortho nitro benzene ring substituents is 1. The largest absolute Gasteiger partial charge is 0.493 e. The van der Waals surface area contributed by atoms with Crippen LogP contribution in [0.2, 0.25) is 0 Å². The number of aliphatic imine (C=N–C) groups is 1. The van der Waals surface area contributed by atoms with E-state index in [2.05, 4.69) is 4.99 Å². The minimum absolute atomic E-state index is 0.00640. The Labute approximate surface area is 187 Å². The first-order valence-corrected chi connectivity index (χ1v) is 9.76. The first-order valence-electron chi connectivity index (χ1n) is 9.76. The summed E-state index contributed by atoms with van der Waals surface area (Å²) in [6, 6.07) is 16.8. The molecule has 0 aliphatic carbocycles. The summed E-state index contributed by atoms with van der Waals surface area (Å²) in [4.78, 5) is 26.8. The molecule has 1 heterocycles. The topological polar surface area (TPSA) is 100 Å². The molecular formula is C24H17FN2O6. The number of cyclic esters (lactones) is 1. The maximum Gasteiger partial charge on any atom is 0.363 e. The Morgan fingerprint density at radius 2 is 1.85 bits per heavy atom. The summed E-state index contributed by atoms with van der Waals surface area (Å²) in [6.07, 6.45) is 1.51. The molecule has 0 N–H and O–H groups in total. The van der Waals surface area contributed by atoms with Crippen molar-refractivity contribution >= 4 is 23.6 Å². The average molecular weight is 448 g/mol. The molecule has 0 saturated carbocycles. The van der Waals surface area contributed by atoms with Crippen molar-refractivity contribution in [2.45, 2.75) is 6.61 Å². The second-order valence-corrected chi connectivity index (χ2v) is 6.93. The Morgan fingerprint density at radius 3 is 2.55 bits per heavy atom. The van der Waals surface area contributed by atoms with Crippen molar-refractivity contribution in [2.24, 2.45) is 4.99 Å². The maximum atomic E-state index is 13.9. The minimum Gasteiger partial charge on any atom is -0.493 e. The Balaban J connectivity index is 1.57. The number of methoxy groups -OCH3 is 1. The van der Waals surface area contributed by atoms with E-state index in [1.807, 2.05) is 0 Å². The van der Waals surface area contributed by atoms with Gasteiger partial charge >= 0.3 is 5.97 Å². The van der Waals surface area contributed by atoms with Gasteiger partial charge in [-0.25, -0.2) is 14.2 Å². The molecule has 8 nitrogen and oxygen atoms in total. The first-order chi connectivity index (χ1) is 15.9. The smallest absolute Gasteiger partial charge is 0.363 e. The SMILES string of the molecule is COc1ccc(/C=C2/N=C(c3ccc([N+](=O)[O-])cc3)OC2=O)cc1OCc1ccccc1F. The summed E-state index contributed by atoms with van der Waals surface area (Å²) in [7, 11) is 1.48. The Kier molecular flexibility index (Phi) is 6.12. The molecule has 4 rings (SSSR count). The van der Waals surface area contributed by atoms with Crippen LogP contribution in [0.5, 0.6) is 11.5 Å². The van der Waals surface area contributed by atoms with E-state index >= 15 is 0 Å². The molecule has 1 aliphatic rings. The van der Waals surface area contributed by atoms with Gasteiger partial charge in [0, 0.05) is 23.3 Å². The molecule has 0 fully saturated rings. The summed E-state index contributed by atoms with van der Waals surface area (Å²) in [5, 5.41) is 10.8. The molecule has 1 aliphatic heterocycles. The molecule has 0 amide bonds. The van der Waals surface area contributed by atoms with Gasteiger partial charge in [-0.3, -0.25) is 10.1 Å². The Hall–Kier alpha value is -4.53. The lowest BCUT2D eigenvalue weighted by Crippen LogP contribution is -2.05. The highest BCUT2D eigenvalue weighted by molar-refractivity contribution is 6.12. The molecule has 0 saturated heterocycles. The highest BCUT2D eigenvalue weighted by Crippen LogP contribution is 2.31. The van der Waals surface area contributed by atoms with Crippen LogP contribution in [0, 0.1) is 15.9 Å². The van der Waals surface area contributed by atoms with E-state index in [1.54, 1.807) is 36.4 Å². The molecule has 166 valence electrons. The van der Waals surface area contributed by atoms with Crippen molar-refractivity contribution in [3.8, 4) is 11.5 Å². The normalized spacial score (nSPS) is 14.1. The molecule has 0 atom stereocenters. The van der Waals surface area contributed by atoms with E-state index in [0.717, 1.165) is 0 Å². The summed E-state index contributed by atoms with van der Waals surface area (Å²) in [6.45, 7) is -0.00640. The molecule has 0 radical (unpaired) electrons. The number of nitro benzene ring substituents is 1. The van der Waals surface area contributed by atoms with Crippen molar-refractivity contribution < 1.29 is 28.3 Å². The van der Waals surface area contributed by atoms with Gasteiger partial charge in [-0.15, -0.1) is 0 Å². The summed E-state index contributed by atoms with van der Waals surface area (Å²) >= 11 is 0. The monoisotopic (exact) mass is 448 g/mol. The Bertz CT molecular complexity index is 1280. The third kappa shape index (κ3) is 4.87. The molecular weight excluding hydrogens is 431 g/mol. The third-order valence-electron chi connectivity index (χ3n) is 4.78. The molecule has 0 spiro atoms. The predicted molar refractivity (Wildman–Crippen MR) is 117 cm³/mol. The fourth-order valence-electron chi connectivity index (χ4n) is 3.08. The summed E-state index contributed by atoms with van der Waals surface area (Å²) < 4.78 is 30.1. The van der Waals surface area contributed by atoms with Gasteiger partial charge in [-0.1, -0.05) is 24.3 Å². The van der Waals surface area contributed by atoms with Crippen LogP contribution in [-0.4, -0.2) is 23.9 Å². The van der Waals surface area contributed by atoms with E-state index < -0.39 is 10.9 Å². The van der Waals surface area contributed by atoms with Crippen LogP contribution < -0.4 is 9.47 Å². The summed E-state index contributed by atoms with van der Waals surface area (Å²) in [5.41, 5.74) is 1.37. The minimum atomic E-state index is -0.659. The Morgan fingerprint density at radius 1 is 1.09 bits per heavy atom. The van der Waals surface area contributed by atoms with Crippen molar-refractivity contribution in [2.75, 3.05) is 7.11 Å². The van der Waals surface area contributed by atoms with Gasteiger partial charge in [-0.05, 0) is 42.0 Å². The van der Waals surface area contributed by atoms with E-state index in [4.69, 9.17) is 14.2 Å². The van der Waals surface area contributed by atoms with Crippen LogP contribution in [0.4, 0.5) is 10.1 Å². The number of esters is 1. The average Bonchev–Trinajstić information content (AvgIpc) is 3.18. The number of carbonyl (C=O) groups is 1. The fourth-order valence-corrected chi connectivity index (χ4v) is 3.08. The van der Waals surface area contributed by atoms with Crippen molar-refractivity contribution in [1.29, 1.82) is 0 Å². The summed E-state index contributed by atoms with van der Waals surface area (Å²) in [5.74, 6) is -0.186. The van der Waals surface area contributed by atoms with Crippen LogP contribution in [0.1, 0.15) is 16.7 Å². The predicted octanol–water partition coefficient (Wildman–Crippen LogP) is 4.67. The molecule has 0 unspecified atom stereocenters. The van der Waals surface area contributed by atoms with Gasteiger partial charge in [0.05, 0.1) is 12.0 Å². The van der Waals surface area contributed by atoms with Gasteiger partial charge in [-0.2, -0.15) is 0 Å². The maximum absolute atomic E-state index is 13.9. The van der Waals surface area contributed by atoms with Gasteiger partial charge in [0.1, 0.15) is 12.4 Å². The zero-order chi connectivity index (χ0) is 23.4. The van der Waals surface area contributed by atoms with Crippen LogP contribution in [0.3, 0.4) is 0 Å². The third-order valence-corrected chi connectivity index (χ3v) is 4.78. The highest BCUT2D eigenvalue weighted by Gasteiger charge is 2.24. The van der Waals surface area contributed by atoms with E-state index in [0.29, 0.717) is 28.2 Å². The van der Waals surface area contributed by atoms with Crippen LogP contribution in [0.15, 0.2) is 77.4 Å². The van der Waals surface area contributed by atoms with Gasteiger partial charge in [0.15, 0.2) is 17.2 Å². The number of hydrogen-bond donors (Lipinski definition) is 0. The molecule has 3 aromatic carbocycles. The van der Waals surface area contributed by atoms with E-state index in [9.17, 15) is 19.3 Å². The van der Waals surface area contributed by atoms with E-state index in [1.165, 1.54) is 43.5 Å². The van der Waals surface area contributed by atoms with Crippen LogP contribution in [-0.2, 0) is 16.1 Å². The number of hydrogen-bond acceptors (Lipinski definition) is 7. The number of carbonyl (C=O) groups excluding carboxylic acids is 1. The van der Waals surface area contributed by atoms with Gasteiger partial charge in [0.2, 0.25) is 5.90 Å². The highest BCUT2D eigenvalue weighted by atomic mass is 19.1. The van der Waals surface area contributed by atoms with Crippen molar-refractivity contribution in [3.63, 3.8) is 0 Å². The molecule has 3 aromatic rings. The number of halogens is 1. The van der Waals surface area contributed by atoms with Crippen molar-refractivity contribution in [1.82, 2.24) is 0 Å². The first kappa shape index (κ1) is 21.7. The second-order valence-electron chi connectivity index (χ2n) is 6.93. The second kappa shape index (κ2) is 9.31. The lowest BCUT2D eigenvalue weighted by atomic mass is 10.1. The van der Waals surface area contributed by atoms with Crippen LogP contribution >= 0.6 is 0 Å². The number of nitro groups is 1. The van der Waals surface area contributed by atoms with E-state index in [-0.39, 0.29) is 29.7 Å². The number of nitrogens with zero attached hydrogens (tertiary/aromatic N) is 2. The molecule has 33 heavy (non-hydrogen) atoms. The quantitative estimate of drug-likeness (QED) is 0.225. The number of rotatable bonds is 7. The van der Waals surface area contributed by atoms with Gasteiger partial charge < -0.3 is 14.2 Å². The van der Waals surface area contributed by atoms with Gasteiger partial charge in [0.25, 0.3) is 5.69 Å². The number of ether oxygens (including phenoxy) is 3. The zero-order valence-electron chi connectivity index (χ0n) is 17.4. The molecule has 9 heteroatoms. The lowest BCUT2D eigenvalue weighted by molar-refractivity contribution is -0.384. The number of benzene rings is 3. The molecule has 0 bridgehead atoms. The van der Waals surface area contributed by atoms with Crippen LogP contribution in [0.25, 0.3) is 6.08 Å². The lowest BCUT2D eigenvalue weighted by Gasteiger charge is -2.12. The molecule has 0 aromatic heterocycles. The standard InChI is InChI=1S/C24H17FN2O6/c1-31-21-11-6-15(13-22(21)32-14-17-4-2-3-5-19(17)25)12-20-24(28)33-23(26-20)16-7-9-18(10-8-16)27(29)30/h2-13H,14H2,1H3/b20-12+. The fraction of sp³-hybridized carbons (Fsp3) is 0.0833. The van der Waals surface area contributed by atoms with Crippen molar-refractivity contribution in [3.05, 3.63) is 105 Å². The zero-order valence-corrected chi connectivity index (χ0v) is 17.4.